The van der Waals surface area contributed by atoms with E-state index in [2.05, 4.69) is 5.32 Å². The fraction of sp³-hybridized carbons (Fsp3) is 0.143. The lowest BCUT2D eigenvalue weighted by molar-refractivity contribution is -0.137. The number of nitrogens with zero attached hydrogens (tertiary/aromatic N) is 1. The van der Waals surface area contributed by atoms with E-state index < -0.39 is 33.7 Å². The molecular weight excluding hydrogens is 420 g/mol. The van der Waals surface area contributed by atoms with Gasteiger partial charge in [0.1, 0.15) is 16.9 Å². The molecule has 9 heteroatoms. The van der Waals surface area contributed by atoms with Gasteiger partial charge in [-0.25, -0.2) is 12.8 Å². The zero-order valence-corrected chi connectivity index (χ0v) is 16.2. The van der Waals surface area contributed by atoms with E-state index in [-0.39, 0.29) is 11.4 Å². The number of sulfonamides is 1. The number of anilines is 1. The van der Waals surface area contributed by atoms with Gasteiger partial charge < -0.3 is 5.32 Å². The molecule has 156 valence electrons. The Hall–Kier alpha value is -2.91. The maximum absolute atomic E-state index is 13.3. The Morgan fingerprint density at radius 2 is 1.53 bits per heavy atom. The molecule has 3 aromatic carbocycles. The van der Waals surface area contributed by atoms with Crippen molar-refractivity contribution in [1.29, 1.82) is 0 Å². The third kappa shape index (κ3) is 3.78. The summed E-state index contributed by atoms with van der Waals surface area (Å²) in [6.45, 7) is -0.0877. The number of halogens is 4. The molecular formula is C21H16F4N2O2S. The lowest BCUT2D eigenvalue weighted by Gasteiger charge is -2.37. The van der Waals surface area contributed by atoms with Crippen LogP contribution in [0.1, 0.15) is 22.9 Å². The quantitative estimate of drug-likeness (QED) is 0.577. The zero-order valence-electron chi connectivity index (χ0n) is 15.4. The van der Waals surface area contributed by atoms with E-state index in [4.69, 9.17) is 0 Å². The average molecular weight is 436 g/mol. The number of para-hydroxylation sites is 1. The van der Waals surface area contributed by atoms with Gasteiger partial charge >= 0.3 is 6.18 Å². The summed E-state index contributed by atoms with van der Waals surface area (Å²) < 4.78 is 79.8. The number of hydrogen-bond donors (Lipinski definition) is 1. The fourth-order valence-electron chi connectivity index (χ4n) is 3.35. The summed E-state index contributed by atoms with van der Waals surface area (Å²) in [4.78, 5) is 0.0651. The lowest BCUT2D eigenvalue weighted by Crippen LogP contribution is -2.42. The minimum Gasteiger partial charge on any atom is -0.364 e. The van der Waals surface area contributed by atoms with Crippen LogP contribution in [0, 0.1) is 5.82 Å². The molecule has 4 rings (SSSR count). The first-order valence-corrected chi connectivity index (χ1v) is 10.4. The van der Waals surface area contributed by atoms with Crippen LogP contribution in [0.5, 0.6) is 0 Å². The Bertz CT molecular complexity index is 1160. The Morgan fingerprint density at radius 3 is 2.17 bits per heavy atom. The average Bonchev–Trinajstić information content (AvgIpc) is 2.71. The van der Waals surface area contributed by atoms with E-state index in [0.29, 0.717) is 16.8 Å². The van der Waals surface area contributed by atoms with E-state index in [0.717, 1.165) is 16.4 Å². The summed E-state index contributed by atoms with van der Waals surface area (Å²) in [6.07, 6.45) is -5.43. The zero-order chi connectivity index (χ0) is 21.5. The predicted molar refractivity (Wildman–Crippen MR) is 103 cm³/mol. The standard InChI is InChI=1S/C21H16F4N2O2S/c22-17-11-5-14(6-12-17)13-27-20(15-7-9-16(10-8-15)21(23,24)25)26-18-3-1-2-4-19(18)30(27,28)29/h1-12,20,26H,13H2/t20-/m0/s1. The summed E-state index contributed by atoms with van der Waals surface area (Å²) >= 11 is 0. The van der Waals surface area contributed by atoms with Crippen LogP contribution in [0.4, 0.5) is 23.2 Å². The molecule has 0 aromatic heterocycles. The van der Waals surface area contributed by atoms with Crippen LogP contribution in [0.3, 0.4) is 0 Å². The van der Waals surface area contributed by atoms with Crippen molar-refractivity contribution in [1.82, 2.24) is 4.31 Å². The molecule has 30 heavy (non-hydrogen) atoms. The fourth-order valence-corrected chi connectivity index (χ4v) is 5.02. The van der Waals surface area contributed by atoms with Crippen LogP contribution in [0.25, 0.3) is 0 Å². The normalized spacial score (nSPS) is 18.5. The van der Waals surface area contributed by atoms with Gasteiger partial charge in [-0.1, -0.05) is 36.4 Å². The number of alkyl halides is 3. The van der Waals surface area contributed by atoms with E-state index in [1.165, 1.54) is 42.5 Å². The molecule has 0 fully saturated rings. The number of rotatable bonds is 3. The van der Waals surface area contributed by atoms with Crippen molar-refractivity contribution < 1.29 is 26.0 Å². The van der Waals surface area contributed by atoms with Crippen LogP contribution in [-0.2, 0) is 22.7 Å². The van der Waals surface area contributed by atoms with Gasteiger partial charge in [-0.05, 0) is 47.5 Å². The first-order valence-electron chi connectivity index (χ1n) is 8.95. The Labute approximate surface area is 170 Å². The monoisotopic (exact) mass is 436 g/mol. The van der Waals surface area contributed by atoms with Gasteiger partial charge in [0.2, 0.25) is 10.0 Å². The van der Waals surface area contributed by atoms with E-state index in [1.54, 1.807) is 18.2 Å². The molecule has 4 nitrogen and oxygen atoms in total. The number of hydrogen-bond acceptors (Lipinski definition) is 3. The highest BCUT2D eigenvalue weighted by Gasteiger charge is 2.39. The molecule has 0 saturated carbocycles. The van der Waals surface area contributed by atoms with Crippen molar-refractivity contribution in [2.45, 2.75) is 23.8 Å². The summed E-state index contributed by atoms with van der Waals surface area (Å²) in [5, 5.41) is 3.10. The van der Waals surface area contributed by atoms with Gasteiger partial charge in [0.15, 0.2) is 0 Å². The maximum Gasteiger partial charge on any atom is 0.416 e. The predicted octanol–water partition coefficient (Wildman–Crippen LogP) is 5.16. The SMILES string of the molecule is O=S1(=O)c2ccccc2N[C@H](c2ccc(C(F)(F)F)cc2)N1Cc1ccc(F)cc1. The highest BCUT2D eigenvalue weighted by atomic mass is 32.2. The number of benzene rings is 3. The Morgan fingerprint density at radius 1 is 0.900 bits per heavy atom. The summed E-state index contributed by atoms with van der Waals surface area (Å²) in [5.41, 5.74) is 0.425. The second kappa shape index (κ2) is 7.41. The van der Waals surface area contributed by atoms with Crippen LogP contribution in [0.15, 0.2) is 77.7 Å². The molecule has 0 saturated heterocycles. The molecule has 1 aliphatic heterocycles. The molecule has 1 N–H and O–H groups in total. The first-order chi connectivity index (χ1) is 14.2. The van der Waals surface area contributed by atoms with Crippen molar-refractivity contribution >= 4 is 15.7 Å². The molecule has 0 bridgehead atoms. The van der Waals surface area contributed by atoms with Gasteiger partial charge in [-0.15, -0.1) is 0 Å². The second-order valence-electron chi connectivity index (χ2n) is 6.84. The molecule has 1 atom stereocenters. The minimum atomic E-state index is -4.50. The Kier molecular flexibility index (Phi) is 5.03. The van der Waals surface area contributed by atoms with Gasteiger partial charge in [0.05, 0.1) is 11.3 Å². The van der Waals surface area contributed by atoms with Gasteiger partial charge in [0, 0.05) is 6.54 Å². The third-order valence-corrected chi connectivity index (χ3v) is 6.73. The topological polar surface area (TPSA) is 49.4 Å². The maximum atomic E-state index is 13.3. The van der Waals surface area contributed by atoms with E-state index >= 15 is 0 Å². The first kappa shape index (κ1) is 20.4. The minimum absolute atomic E-state index is 0.0651. The van der Waals surface area contributed by atoms with Crippen molar-refractivity contribution in [3.63, 3.8) is 0 Å². The van der Waals surface area contributed by atoms with Crippen molar-refractivity contribution in [2.24, 2.45) is 0 Å². The van der Waals surface area contributed by atoms with Gasteiger partial charge in [-0.2, -0.15) is 17.5 Å². The molecule has 0 spiro atoms. The van der Waals surface area contributed by atoms with Crippen LogP contribution in [0.2, 0.25) is 0 Å². The largest absolute Gasteiger partial charge is 0.416 e. The highest BCUT2D eigenvalue weighted by Crippen LogP contribution is 2.39. The summed E-state index contributed by atoms with van der Waals surface area (Å²) in [6, 6.07) is 16.0. The van der Waals surface area contributed by atoms with Crippen molar-refractivity contribution in [3.8, 4) is 0 Å². The van der Waals surface area contributed by atoms with Gasteiger partial charge in [0.25, 0.3) is 0 Å². The molecule has 0 unspecified atom stereocenters. The highest BCUT2D eigenvalue weighted by molar-refractivity contribution is 7.89. The van der Waals surface area contributed by atoms with Crippen LogP contribution in [-0.4, -0.2) is 12.7 Å². The number of fused-ring (bicyclic) bond motifs is 1. The smallest absolute Gasteiger partial charge is 0.364 e. The van der Waals surface area contributed by atoms with E-state index in [1.807, 2.05) is 0 Å². The number of nitrogens with one attached hydrogen (secondary N) is 1. The third-order valence-electron chi connectivity index (χ3n) is 4.86. The Balaban J connectivity index is 1.78. The van der Waals surface area contributed by atoms with Crippen molar-refractivity contribution in [3.05, 3.63) is 95.3 Å². The van der Waals surface area contributed by atoms with Gasteiger partial charge in [-0.3, -0.25) is 0 Å². The summed E-state index contributed by atoms with van der Waals surface area (Å²) in [5.74, 6) is -0.456. The molecule has 0 amide bonds. The van der Waals surface area contributed by atoms with E-state index in [9.17, 15) is 26.0 Å². The molecule has 0 radical (unpaired) electrons. The van der Waals surface area contributed by atoms with Crippen LogP contribution < -0.4 is 5.32 Å². The molecule has 1 aliphatic rings. The summed E-state index contributed by atoms with van der Waals surface area (Å²) in [7, 11) is -3.97. The van der Waals surface area contributed by atoms with Crippen LogP contribution >= 0.6 is 0 Å². The second-order valence-corrected chi connectivity index (χ2v) is 8.70. The molecule has 1 heterocycles. The van der Waals surface area contributed by atoms with Crippen molar-refractivity contribution in [2.75, 3.05) is 5.32 Å². The molecule has 0 aliphatic carbocycles. The lowest BCUT2D eigenvalue weighted by atomic mass is 10.1. The molecule has 3 aromatic rings.